The van der Waals surface area contributed by atoms with E-state index in [-0.39, 0.29) is 4.21 Å². The van der Waals surface area contributed by atoms with E-state index >= 15 is 0 Å². The molecule has 1 aromatic rings. The Labute approximate surface area is 109 Å². The Balaban J connectivity index is 2.50. The molecule has 0 aliphatic rings. The lowest BCUT2D eigenvalue weighted by atomic mass is 10.3. The van der Waals surface area contributed by atoms with E-state index in [9.17, 15) is 8.42 Å². The van der Waals surface area contributed by atoms with Crippen molar-refractivity contribution in [1.29, 1.82) is 0 Å². The zero-order valence-electron chi connectivity index (χ0n) is 8.27. The molecule has 0 fully saturated rings. The molecule has 16 heavy (non-hydrogen) atoms. The van der Waals surface area contributed by atoms with Crippen LogP contribution in [-0.2, 0) is 10.0 Å². The summed E-state index contributed by atoms with van der Waals surface area (Å²) >= 11 is 11.4. The average molecular weight is 299 g/mol. The molecule has 0 radical (unpaired) electrons. The molecule has 0 aromatic carbocycles. The molecule has 8 heteroatoms. The van der Waals surface area contributed by atoms with Crippen molar-refractivity contribution in [3.8, 4) is 0 Å². The fourth-order valence-corrected chi connectivity index (χ4v) is 3.73. The maximum absolute atomic E-state index is 11.7. The van der Waals surface area contributed by atoms with E-state index < -0.39 is 10.0 Å². The van der Waals surface area contributed by atoms with Crippen LogP contribution in [0.25, 0.3) is 0 Å². The van der Waals surface area contributed by atoms with Gasteiger partial charge in [-0.25, -0.2) is 13.1 Å². The van der Waals surface area contributed by atoms with Gasteiger partial charge in [-0.15, -0.1) is 11.3 Å². The summed E-state index contributed by atoms with van der Waals surface area (Å²) in [5.41, 5.74) is 5.30. The molecule has 1 heterocycles. The minimum atomic E-state index is -3.44. The zero-order valence-corrected chi connectivity index (χ0v) is 11.5. The first-order valence-electron chi connectivity index (χ1n) is 4.45. The van der Waals surface area contributed by atoms with Crippen molar-refractivity contribution in [1.82, 2.24) is 4.72 Å². The van der Waals surface area contributed by atoms with Crippen LogP contribution in [0.4, 0.5) is 0 Å². The molecule has 0 atom stereocenters. The number of halogens is 1. The van der Waals surface area contributed by atoms with Crippen molar-refractivity contribution in [2.24, 2.45) is 5.73 Å². The fourth-order valence-electron chi connectivity index (χ4n) is 0.982. The maximum atomic E-state index is 11.7. The van der Waals surface area contributed by atoms with Gasteiger partial charge in [-0.3, -0.25) is 0 Å². The van der Waals surface area contributed by atoms with Crippen LogP contribution >= 0.6 is 35.2 Å². The van der Waals surface area contributed by atoms with Crippen LogP contribution in [0.5, 0.6) is 0 Å². The molecule has 0 saturated heterocycles. The van der Waals surface area contributed by atoms with Gasteiger partial charge in [0.15, 0.2) is 0 Å². The van der Waals surface area contributed by atoms with Crippen molar-refractivity contribution in [2.45, 2.75) is 17.1 Å². The van der Waals surface area contributed by atoms with Gasteiger partial charge in [0.2, 0.25) is 10.0 Å². The number of thiocarbonyl (C=S) groups is 1. The second-order valence-corrected chi connectivity index (χ2v) is 7.26. The van der Waals surface area contributed by atoms with E-state index in [1.54, 1.807) is 6.07 Å². The SMILES string of the molecule is NC(=S)CCCNS(=O)(=O)c1ccc(Cl)s1. The topological polar surface area (TPSA) is 72.2 Å². The van der Waals surface area contributed by atoms with Gasteiger partial charge in [0.05, 0.1) is 9.32 Å². The summed E-state index contributed by atoms with van der Waals surface area (Å²) < 4.78 is 26.4. The lowest BCUT2D eigenvalue weighted by molar-refractivity contribution is 0.582. The minimum Gasteiger partial charge on any atom is -0.393 e. The van der Waals surface area contributed by atoms with Gasteiger partial charge in [-0.2, -0.15) is 0 Å². The Morgan fingerprint density at radius 2 is 2.25 bits per heavy atom. The second kappa shape index (κ2) is 5.92. The molecule has 0 unspecified atom stereocenters. The lowest BCUT2D eigenvalue weighted by Gasteiger charge is -2.03. The summed E-state index contributed by atoms with van der Waals surface area (Å²) in [6.45, 7) is 0.315. The first kappa shape index (κ1) is 13.9. The Bertz CT molecular complexity index is 469. The third-order valence-corrected chi connectivity index (χ3v) is 5.09. The summed E-state index contributed by atoms with van der Waals surface area (Å²) in [5.74, 6) is 0. The van der Waals surface area contributed by atoms with Crippen LogP contribution in [0, 0.1) is 0 Å². The van der Waals surface area contributed by atoms with Gasteiger partial charge >= 0.3 is 0 Å². The van der Waals surface area contributed by atoms with Crippen molar-refractivity contribution in [3.63, 3.8) is 0 Å². The molecule has 1 rings (SSSR count). The Morgan fingerprint density at radius 3 is 2.75 bits per heavy atom. The molecule has 0 amide bonds. The average Bonchev–Trinajstić information content (AvgIpc) is 2.60. The zero-order chi connectivity index (χ0) is 12.2. The Kier molecular flexibility index (Phi) is 5.13. The molecule has 0 saturated carbocycles. The summed E-state index contributed by atoms with van der Waals surface area (Å²) in [5, 5.41) is 0. The molecule has 90 valence electrons. The number of nitrogens with two attached hydrogens (primary N) is 1. The van der Waals surface area contributed by atoms with Crippen molar-refractivity contribution >= 4 is 50.2 Å². The van der Waals surface area contributed by atoms with Crippen LogP contribution in [0.3, 0.4) is 0 Å². The lowest BCUT2D eigenvalue weighted by Crippen LogP contribution is -2.24. The van der Waals surface area contributed by atoms with Gasteiger partial charge in [-0.05, 0) is 25.0 Å². The predicted octanol–water partition coefficient (Wildman–Crippen LogP) is 1.75. The normalized spacial score (nSPS) is 11.6. The Hall–Kier alpha value is -0.210. The van der Waals surface area contributed by atoms with E-state index in [0.717, 1.165) is 11.3 Å². The summed E-state index contributed by atoms with van der Waals surface area (Å²) in [4.78, 5) is 0.387. The quantitative estimate of drug-likeness (QED) is 0.620. The smallest absolute Gasteiger partial charge is 0.250 e. The summed E-state index contributed by atoms with van der Waals surface area (Å²) in [6.07, 6.45) is 1.12. The van der Waals surface area contributed by atoms with E-state index in [2.05, 4.69) is 16.9 Å². The molecule has 3 N–H and O–H groups in total. The molecular weight excluding hydrogens is 288 g/mol. The van der Waals surface area contributed by atoms with Crippen LogP contribution in [0.15, 0.2) is 16.3 Å². The van der Waals surface area contributed by atoms with Gasteiger partial charge in [0, 0.05) is 6.54 Å². The number of sulfonamides is 1. The molecule has 0 aliphatic carbocycles. The molecular formula is C8H11ClN2O2S3. The molecule has 0 aliphatic heterocycles. The monoisotopic (exact) mass is 298 g/mol. The fraction of sp³-hybridized carbons (Fsp3) is 0.375. The standard InChI is InChI=1S/C8H11ClN2O2S3/c9-6-3-4-8(15-6)16(12,13)11-5-1-2-7(10)14/h3-4,11H,1-2,5H2,(H2,10,14). The second-order valence-electron chi connectivity index (χ2n) is 3.03. The van der Waals surface area contributed by atoms with Gasteiger partial charge in [0.25, 0.3) is 0 Å². The third kappa shape index (κ3) is 4.34. The number of hydrogen-bond donors (Lipinski definition) is 2. The van der Waals surface area contributed by atoms with Crippen molar-refractivity contribution in [2.75, 3.05) is 6.54 Å². The highest BCUT2D eigenvalue weighted by Crippen LogP contribution is 2.25. The maximum Gasteiger partial charge on any atom is 0.250 e. The van der Waals surface area contributed by atoms with Crippen LogP contribution in [0.2, 0.25) is 4.34 Å². The highest BCUT2D eigenvalue weighted by molar-refractivity contribution is 7.91. The van der Waals surface area contributed by atoms with Gasteiger partial charge in [-0.1, -0.05) is 23.8 Å². The van der Waals surface area contributed by atoms with Gasteiger partial charge in [0.1, 0.15) is 4.21 Å². The first-order valence-corrected chi connectivity index (χ1v) is 7.54. The highest BCUT2D eigenvalue weighted by Gasteiger charge is 2.15. The molecule has 4 nitrogen and oxygen atoms in total. The van der Waals surface area contributed by atoms with Gasteiger partial charge < -0.3 is 5.73 Å². The van der Waals surface area contributed by atoms with E-state index in [1.165, 1.54) is 6.07 Å². The first-order chi connectivity index (χ1) is 7.42. The van der Waals surface area contributed by atoms with Crippen molar-refractivity contribution in [3.05, 3.63) is 16.5 Å². The third-order valence-electron chi connectivity index (χ3n) is 1.71. The highest BCUT2D eigenvalue weighted by atomic mass is 35.5. The number of hydrogen-bond acceptors (Lipinski definition) is 4. The van der Waals surface area contributed by atoms with E-state index in [0.29, 0.717) is 28.7 Å². The summed E-state index contributed by atoms with van der Waals surface area (Å²) in [7, 11) is -3.44. The van der Waals surface area contributed by atoms with Crippen molar-refractivity contribution < 1.29 is 8.42 Å². The van der Waals surface area contributed by atoms with Crippen LogP contribution in [0.1, 0.15) is 12.8 Å². The number of thiophene rings is 1. The minimum absolute atomic E-state index is 0.216. The molecule has 0 spiro atoms. The number of nitrogens with one attached hydrogen (secondary N) is 1. The summed E-state index contributed by atoms with van der Waals surface area (Å²) in [6, 6.07) is 3.03. The Morgan fingerprint density at radius 1 is 1.56 bits per heavy atom. The van der Waals surface area contributed by atoms with Crippen LogP contribution < -0.4 is 10.5 Å². The largest absolute Gasteiger partial charge is 0.393 e. The van der Waals surface area contributed by atoms with Crippen LogP contribution in [-0.4, -0.2) is 20.0 Å². The predicted molar refractivity (Wildman–Crippen MR) is 70.5 cm³/mol. The molecule has 1 aromatic heterocycles. The van der Waals surface area contributed by atoms with E-state index in [4.69, 9.17) is 17.3 Å². The van der Waals surface area contributed by atoms with E-state index in [1.807, 2.05) is 0 Å². The number of rotatable bonds is 6. The molecule has 0 bridgehead atoms.